The Hall–Kier alpha value is -1.29. The Kier molecular flexibility index (Phi) is 7.78. The lowest BCUT2D eigenvalue weighted by atomic mass is 9.36. The molecule has 4 fully saturated rings. The van der Waals surface area contributed by atoms with E-state index in [2.05, 4.69) is 61.1 Å². The van der Waals surface area contributed by atoms with Gasteiger partial charge in [0, 0.05) is 5.92 Å². The number of carboxylic acid groups (broad SMARTS) is 1. The third-order valence-electron chi connectivity index (χ3n) is 12.6. The van der Waals surface area contributed by atoms with E-state index in [0.717, 1.165) is 25.2 Å². The molecular weight excluding hydrogens is 460 g/mol. The average Bonchev–Trinajstić information content (AvgIpc) is 3.05. The molecule has 4 aliphatic rings. The third-order valence-corrected chi connectivity index (χ3v) is 12.6. The molecule has 0 bridgehead atoms. The number of aliphatic carboxylic acids is 1. The minimum absolute atomic E-state index is 0.0464. The van der Waals surface area contributed by atoms with Gasteiger partial charge >= 0.3 is 5.97 Å². The van der Waals surface area contributed by atoms with Crippen molar-refractivity contribution in [3.05, 3.63) is 24.0 Å². The van der Waals surface area contributed by atoms with Crippen LogP contribution in [0.25, 0.3) is 0 Å². The highest BCUT2D eigenvalue weighted by atomic mass is 16.5. The van der Waals surface area contributed by atoms with E-state index in [1.807, 2.05) is 6.92 Å². The number of carboxylic acids is 1. The number of aliphatic hydroxyl groups excluding tert-OH is 1. The van der Waals surface area contributed by atoms with Gasteiger partial charge in [-0.1, -0.05) is 52.8 Å². The highest BCUT2D eigenvalue weighted by molar-refractivity contribution is 5.70. The van der Waals surface area contributed by atoms with Crippen LogP contribution in [0.2, 0.25) is 0 Å². The summed E-state index contributed by atoms with van der Waals surface area (Å²) in [4.78, 5) is 12.8. The fourth-order valence-electron chi connectivity index (χ4n) is 10.6. The molecule has 4 saturated carbocycles. The monoisotopic (exact) mass is 514 g/mol. The van der Waals surface area contributed by atoms with Crippen molar-refractivity contribution in [2.75, 3.05) is 0 Å². The van der Waals surface area contributed by atoms with E-state index in [1.54, 1.807) is 0 Å². The first-order valence-electron chi connectivity index (χ1n) is 15.0. The van der Waals surface area contributed by atoms with E-state index in [4.69, 9.17) is 4.74 Å². The van der Waals surface area contributed by atoms with Crippen molar-refractivity contribution >= 4 is 5.97 Å². The molecule has 0 aromatic heterocycles. The van der Waals surface area contributed by atoms with Crippen LogP contribution in [-0.2, 0) is 9.53 Å². The topological polar surface area (TPSA) is 66.8 Å². The molecule has 0 aromatic carbocycles. The van der Waals surface area contributed by atoms with Crippen molar-refractivity contribution in [1.29, 1.82) is 0 Å². The molecule has 0 spiro atoms. The van der Waals surface area contributed by atoms with E-state index >= 15 is 0 Å². The molecule has 210 valence electrons. The Morgan fingerprint density at radius 3 is 2.35 bits per heavy atom. The smallest absolute Gasteiger partial charge is 0.306 e. The van der Waals surface area contributed by atoms with E-state index in [9.17, 15) is 15.0 Å². The normalized spacial score (nSPS) is 47.7. The van der Waals surface area contributed by atoms with Crippen LogP contribution in [0.5, 0.6) is 0 Å². The summed E-state index contributed by atoms with van der Waals surface area (Å²) in [5.41, 5.74) is 1.23. The summed E-state index contributed by atoms with van der Waals surface area (Å²) in [5.74, 6) is 1.79. The van der Waals surface area contributed by atoms with Crippen LogP contribution in [0, 0.1) is 57.7 Å². The van der Waals surface area contributed by atoms with Gasteiger partial charge in [0.15, 0.2) is 0 Å². The standard InChI is InChI=1S/C33H54O4/c1-19(2)11-10-12-23(30(35)36)28-25-17-26(34)29-31(7)15-13-21(5)22(6)24(31)14-16-32(29,8)33(25,9)18-27(28)37-20(3)4/h11,21-29,34H,3,10,12-18H2,1-2,4-9H3,(H,35,36)/t21-,22+,23?,24+,25-,26-,27?,28-,29+,31+,32+,33+/m1/s1. The number of fused-ring (bicyclic) bond motifs is 5. The van der Waals surface area contributed by atoms with Crippen molar-refractivity contribution < 1.29 is 19.7 Å². The molecule has 4 rings (SSSR count). The second kappa shape index (κ2) is 10.0. The molecule has 0 radical (unpaired) electrons. The van der Waals surface area contributed by atoms with Gasteiger partial charge in [0.05, 0.1) is 17.8 Å². The van der Waals surface area contributed by atoms with Gasteiger partial charge in [-0.15, -0.1) is 0 Å². The number of ether oxygens (including phenoxy) is 1. The maximum absolute atomic E-state index is 12.8. The molecule has 4 nitrogen and oxygen atoms in total. The predicted octanol–water partition coefficient (Wildman–Crippen LogP) is 7.86. The summed E-state index contributed by atoms with van der Waals surface area (Å²) >= 11 is 0. The van der Waals surface area contributed by atoms with Crippen molar-refractivity contribution in [3.8, 4) is 0 Å². The van der Waals surface area contributed by atoms with Gasteiger partial charge in [-0.2, -0.15) is 0 Å². The number of aliphatic hydroxyl groups is 1. The number of rotatable bonds is 7. The molecule has 0 saturated heterocycles. The Bertz CT molecular complexity index is 919. The van der Waals surface area contributed by atoms with Gasteiger partial charge < -0.3 is 14.9 Å². The van der Waals surface area contributed by atoms with Crippen LogP contribution in [0.3, 0.4) is 0 Å². The third kappa shape index (κ3) is 4.51. The van der Waals surface area contributed by atoms with Crippen molar-refractivity contribution in [3.63, 3.8) is 0 Å². The van der Waals surface area contributed by atoms with E-state index in [-0.39, 0.29) is 40.1 Å². The molecular formula is C33H54O4. The number of carbonyl (C=O) groups is 1. The van der Waals surface area contributed by atoms with Gasteiger partial charge in [0.2, 0.25) is 0 Å². The molecule has 4 heteroatoms. The molecule has 0 aromatic rings. The van der Waals surface area contributed by atoms with Gasteiger partial charge in [0.25, 0.3) is 0 Å². The quantitative estimate of drug-likeness (QED) is 0.268. The highest BCUT2D eigenvalue weighted by Crippen LogP contribution is 2.75. The molecule has 0 aliphatic heterocycles. The molecule has 4 aliphatic carbocycles. The van der Waals surface area contributed by atoms with Crippen LogP contribution in [0.15, 0.2) is 24.0 Å². The summed E-state index contributed by atoms with van der Waals surface area (Å²) in [6.07, 6.45) is 9.26. The second-order valence-electron chi connectivity index (χ2n) is 14.7. The Morgan fingerprint density at radius 1 is 1.08 bits per heavy atom. The summed E-state index contributed by atoms with van der Waals surface area (Å²) in [6.45, 7) is 22.3. The average molecular weight is 515 g/mol. The summed E-state index contributed by atoms with van der Waals surface area (Å²) in [5, 5.41) is 22.5. The SMILES string of the molecule is C=C(C)OC1C[C@@]2(C)[C@H](C[C@@H](O)[C@H]3[C@@]4(C)CC[C@@H](C)[C@H](C)[C@@H]4CC[C@@]32C)[C@H]1C(CCC=C(C)C)C(=O)O. The van der Waals surface area contributed by atoms with Crippen LogP contribution in [0.4, 0.5) is 0 Å². The lowest BCUT2D eigenvalue weighted by molar-refractivity contribution is -0.236. The first kappa shape index (κ1) is 28.7. The largest absolute Gasteiger partial charge is 0.495 e. The predicted molar refractivity (Wildman–Crippen MR) is 150 cm³/mol. The van der Waals surface area contributed by atoms with Crippen LogP contribution >= 0.6 is 0 Å². The van der Waals surface area contributed by atoms with E-state index in [0.29, 0.717) is 30.4 Å². The fourth-order valence-corrected chi connectivity index (χ4v) is 10.6. The summed E-state index contributed by atoms with van der Waals surface area (Å²) < 4.78 is 6.41. The fraction of sp³-hybridized carbons (Fsp3) is 0.848. The van der Waals surface area contributed by atoms with E-state index in [1.165, 1.54) is 24.8 Å². The lowest BCUT2D eigenvalue weighted by Gasteiger charge is -2.69. The van der Waals surface area contributed by atoms with Crippen molar-refractivity contribution in [1.82, 2.24) is 0 Å². The number of hydrogen-bond donors (Lipinski definition) is 2. The van der Waals surface area contributed by atoms with Crippen LogP contribution in [0.1, 0.15) is 107 Å². The summed E-state index contributed by atoms with van der Waals surface area (Å²) in [6, 6.07) is 0. The van der Waals surface area contributed by atoms with Crippen LogP contribution in [-0.4, -0.2) is 28.4 Å². The highest BCUT2D eigenvalue weighted by Gasteiger charge is 2.72. The molecule has 0 amide bonds. The Balaban J connectivity index is 1.75. The second-order valence-corrected chi connectivity index (χ2v) is 14.7. The number of hydrogen-bond acceptors (Lipinski definition) is 3. The van der Waals surface area contributed by atoms with Crippen LogP contribution < -0.4 is 0 Å². The maximum Gasteiger partial charge on any atom is 0.306 e. The van der Waals surface area contributed by atoms with Crippen molar-refractivity contribution in [2.45, 2.75) is 119 Å². The maximum atomic E-state index is 12.8. The Labute approximate surface area is 226 Å². The minimum Gasteiger partial charge on any atom is -0.495 e. The molecule has 12 atom stereocenters. The van der Waals surface area contributed by atoms with Crippen molar-refractivity contribution in [2.24, 2.45) is 57.7 Å². The molecule has 37 heavy (non-hydrogen) atoms. The molecule has 2 N–H and O–H groups in total. The zero-order valence-electron chi connectivity index (χ0n) is 24.8. The lowest BCUT2D eigenvalue weighted by Crippen LogP contribution is -2.65. The van der Waals surface area contributed by atoms with Gasteiger partial charge in [-0.3, -0.25) is 4.79 Å². The zero-order valence-corrected chi connectivity index (χ0v) is 24.8. The van der Waals surface area contributed by atoms with E-state index < -0.39 is 18.0 Å². The van der Waals surface area contributed by atoms with Gasteiger partial charge in [-0.25, -0.2) is 0 Å². The zero-order chi connectivity index (χ0) is 27.5. The molecule has 0 heterocycles. The first-order valence-corrected chi connectivity index (χ1v) is 15.0. The number of allylic oxidation sites excluding steroid dienone is 3. The Morgan fingerprint density at radius 2 is 1.76 bits per heavy atom. The summed E-state index contributed by atoms with van der Waals surface area (Å²) in [7, 11) is 0. The first-order chi connectivity index (χ1) is 17.2. The molecule has 2 unspecified atom stereocenters. The van der Waals surface area contributed by atoms with Gasteiger partial charge in [-0.05, 0) is 118 Å². The minimum atomic E-state index is -0.723. The van der Waals surface area contributed by atoms with Gasteiger partial charge in [0.1, 0.15) is 6.10 Å².